The van der Waals surface area contributed by atoms with Crippen molar-refractivity contribution in [3.05, 3.63) is 65.4 Å². The van der Waals surface area contributed by atoms with E-state index in [-0.39, 0.29) is 18.3 Å². The standard InChI is InChI=1S/C29H29NO5/c1-5-22-26(20-11-12-23(31)19-10-8-7-9-18(19)20)27(29(32)35-6-2)28-21-16-25(34-4)24(33-3)15-17(21)13-14-30(22)28/h7-12,15-16,31H,5-6,13-14H2,1-4H3. The second-order valence-electron chi connectivity index (χ2n) is 8.56. The SMILES string of the molecule is CCOC(=O)c1c(-c2ccc(O)c3ccccc23)c(CC)n2c1-c1cc(OC)c(OC)cc1CC2. The normalized spacial score (nSPS) is 12.2. The van der Waals surface area contributed by atoms with Gasteiger partial charge in [0.2, 0.25) is 0 Å². The molecule has 0 radical (unpaired) electrons. The Morgan fingerprint density at radius 3 is 2.37 bits per heavy atom. The fourth-order valence-electron chi connectivity index (χ4n) is 5.34. The number of esters is 1. The Bertz CT molecular complexity index is 1450. The van der Waals surface area contributed by atoms with Gasteiger partial charge in [0.1, 0.15) is 5.75 Å². The third kappa shape index (κ3) is 3.52. The first kappa shape index (κ1) is 22.8. The van der Waals surface area contributed by atoms with Gasteiger partial charge in [-0.15, -0.1) is 0 Å². The number of carbonyl (C=O) groups is 1. The lowest BCUT2D eigenvalue weighted by molar-refractivity contribution is 0.0528. The van der Waals surface area contributed by atoms with Crippen molar-refractivity contribution in [2.24, 2.45) is 0 Å². The Morgan fingerprint density at radius 1 is 0.971 bits per heavy atom. The molecule has 4 aromatic rings. The smallest absolute Gasteiger partial charge is 0.340 e. The maximum atomic E-state index is 13.6. The maximum absolute atomic E-state index is 13.6. The van der Waals surface area contributed by atoms with Crippen molar-refractivity contribution in [1.82, 2.24) is 4.57 Å². The maximum Gasteiger partial charge on any atom is 0.340 e. The van der Waals surface area contributed by atoms with Crippen molar-refractivity contribution in [1.29, 1.82) is 0 Å². The van der Waals surface area contributed by atoms with E-state index in [0.717, 1.165) is 63.8 Å². The van der Waals surface area contributed by atoms with Crippen LogP contribution in [0.3, 0.4) is 0 Å². The molecule has 1 aromatic heterocycles. The molecule has 6 heteroatoms. The van der Waals surface area contributed by atoms with Gasteiger partial charge in [0.05, 0.1) is 32.1 Å². The molecule has 1 aliphatic rings. The summed E-state index contributed by atoms with van der Waals surface area (Å²) in [6, 6.07) is 15.3. The number of nitrogens with zero attached hydrogens (tertiary/aromatic N) is 1. The number of carbonyl (C=O) groups excluding carboxylic acids is 1. The summed E-state index contributed by atoms with van der Waals surface area (Å²) in [5, 5.41) is 12.1. The number of ether oxygens (including phenoxy) is 3. The summed E-state index contributed by atoms with van der Waals surface area (Å²) < 4.78 is 19.0. The zero-order valence-electron chi connectivity index (χ0n) is 20.5. The number of aromatic hydroxyl groups is 1. The summed E-state index contributed by atoms with van der Waals surface area (Å²) in [4.78, 5) is 13.6. The quantitative estimate of drug-likeness (QED) is 0.350. The lowest BCUT2D eigenvalue weighted by Crippen LogP contribution is -2.15. The zero-order chi connectivity index (χ0) is 24.7. The lowest BCUT2D eigenvalue weighted by atomic mass is 9.91. The van der Waals surface area contributed by atoms with Gasteiger partial charge < -0.3 is 23.9 Å². The Balaban J connectivity index is 1.90. The Hall–Kier alpha value is -3.93. The Labute approximate surface area is 204 Å². The van der Waals surface area contributed by atoms with E-state index in [9.17, 15) is 9.90 Å². The molecule has 0 aliphatic carbocycles. The topological polar surface area (TPSA) is 69.9 Å². The zero-order valence-corrected chi connectivity index (χ0v) is 20.5. The number of aryl methyl sites for hydroxylation is 1. The van der Waals surface area contributed by atoms with Crippen LogP contribution in [0.2, 0.25) is 0 Å². The number of aromatic nitrogens is 1. The average molecular weight is 472 g/mol. The van der Waals surface area contributed by atoms with Gasteiger partial charge in [-0.25, -0.2) is 4.79 Å². The summed E-state index contributed by atoms with van der Waals surface area (Å²) in [6.07, 6.45) is 1.54. The van der Waals surface area contributed by atoms with Gasteiger partial charge in [0, 0.05) is 28.8 Å². The molecule has 0 amide bonds. The average Bonchev–Trinajstić information content (AvgIpc) is 3.22. The minimum Gasteiger partial charge on any atom is -0.507 e. The number of hydrogen-bond acceptors (Lipinski definition) is 5. The third-order valence-corrected chi connectivity index (χ3v) is 6.83. The van der Waals surface area contributed by atoms with Gasteiger partial charge in [0.25, 0.3) is 0 Å². The van der Waals surface area contributed by atoms with Crippen LogP contribution >= 0.6 is 0 Å². The molecule has 2 heterocycles. The van der Waals surface area contributed by atoms with E-state index in [2.05, 4.69) is 11.5 Å². The molecule has 3 aromatic carbocycles. The molecule has 0 bridgehead atoms. The first-order valence-corrected chi connectivity index (χ1v) is 11.9. The molecule has 0 unspecified atom stereocenters. The minimum atomic E-state index is -0.356. The van der Waals surface area contributed by atoms with Crippen LogP contribution in [0.5, 0.6) is 17.2 Å². The van der Waals surface area contributed by atoms with Crippen LogP contribution in [-0.4, -0.2) is 36.5 Å². The van der Waals surface area contributed by atoms with E-state index >= 15 is 0 Å². The van der Waals surface area contributed by atoms with E-state index in [0.29, 0.717) is 17.1 Å². The Morgan fingerprint density at radius 2 is 1.69 bits per heavy atom. The van der Waals surface area contributed by atoms with E-state index < -0.39 is 0 Å². The van der Waals surface area contributed by atoms with Crippen LogP contribution in [-0.2, 0) is 24.1 Å². The molecule has 0 saturated heterocycles. The van der Waals surface area contributed by atoms with Gasteiger partial charge in [-0.05, 0) is 60.5 Å². The highest BCUT2D eigenvalue weighted by Gasteiger charge is 2.33. The van der Waals surface area contributed by atoms with E-state index in [1.54, 1.807) is 20.3 Å². The molecule has 1 N–H and O–H groups in total. The molecule has 0 saturated carbocycles. The van der Waals surface area contributed by atoms with Crippen LogP contribution in [0.15, 0.2) is 48.5 Å². The summed E-state index contributed by atoms with van der Waals surface area (Å²) >= 11 is 0. The molecule has 0 spiro atoms. The van der Waals surface area contributed by atoms with Gasteiger partial charge >= 0.3 is 5.97 Å². The predicted octanol–water partition coefficient (Wildman–Crippen LogP) is 5.99. The highest BCUT2D eigenvalue weighted by molar-refractivity contribution is 6.10. The van der Waals surface area contributed by atoms with Gasteiger partial charge in [-0.1, -0.05) is 31.2 Å². The van der Waals surface area contributed by atoms with E-state index in [1.807, 2.05) is 49.4 Å². The molecule has 0 fully saturated rings. The van der Waals surface area contributed by atoms with Crippen molar-refractivity contribution >= 4 is 16.7 Å². The number of phenolic OH excluding ortho intramolecular Hbond substituents is 1. The number of benzene rings is 3. The van der Waals surface area contributed by atoms with Gasteiger partial charge in [-0.2, -0.15) is 0 Å². The highest BCUT2D eigenvalue weighted by Crippen LogP contribution is 2.47. The van der Waals surface area contributed by atoms with Crippen molar-refractivity contribution in [2.75, 3.05) is 20.8 Å². The number of fused-ring (bicyclic) bond motifs is 4. The van der Waals surface area contributed by atoms with E-state index in [4.69, 9.17) is 14.2 Å². The Kier molecular flexibility index (Phi) is 5.89. The molecule has 35 heavy (non-hydrogen) atoms. The lowest BCUT2D eigenvalue weighted by Gasteiger charge is -2.23. The first-order chi connectivity index (χ1) is 17.0. The van der Waals surface area contributed by atoms with Crippen molar-refractivity contribution < 1.29 is 24.1 Å². The van der Waals surface area contributed by atoms with Crippen LogP contribution in [0.25, 0.3) is 33.2 Å². The number of rotatable bonds is 6. The number of methoxy groups -OCH3 is 2. The second-order valence-corrected chi connectivity index (χ2v) is 8.56. The second kappa shape index (κ2) is 9.02. The van der Waals surface area contributed by atoms with Crippen LogP contribution in [0.1, 0.15) is 35.5 Å². The molecule has 6 nitrogen and oxygen atoms in total. The predicted molar refractivity (Wildman–Crippen MR) is 137 cm³/mol. The highest BCUT2D eigenvalue weighted by atomic mass is 16.5. The van der Waals surface area contributed by atoms with Crippen LogP contribution in [0.4, 0.5) is 0 Å². The molecule has 5 rings (SSSR count). The van der Waals surface area contributed by atoms with Gasteiger partial charge in [-0.3, -0.25) is 0 Å². The fraction of sp³-hybridized carbons (Fsp3) is 0.276. The summed E-state index contributed by atoms with van der Waals surface area (Å²) in [7, 11) is 3.24. The summed E-state index contributed by atoms with van der Waals surface area (Å²) in [6.45, 7) is 4.94. The van der Waals surface area contributed by atoms with Crippen molar-refractivity contribution in [2.45, 2.75) is 33.2 Å². The van der Waals surface area contributed by atoms with Crippen LogP contribution < -0.4 is 9.47 Å². The molecular weight excluding hydrogens is 442 g/mol. The third-order valence-electron chi connectivity index (χ3n) is 6.83. The fourth-order valence-corrected chi connectivity index (χ4v) is 5.34. The van der Waals surface area contributed by atoms with E-state index in [1.165, 1.54) is 0 Å². The molecule has 0 atom stereocenters. The largest absolute Gasteiger partial charge is 0.507 e. The van der Waals surface area contributed by atoms with Crippen LogP contribution in [0, 0.1) is 0 Å². The molecule has 1 aliphatic heterocycles. The van der Waals surface area contributed by atoms with Crippen molar-refractivity contribution in [3.8, 4) is 39.6 Å². The van der Waals surface area contributed by atoms with Crippen molar-refractivity contribution in [3.63, 3.8) is 0 Å². The minimum absolute atomic E-state index is 0.214. The molecule has 180 valence electrons. The monoisotopic (exact) mass is 471 g/mol. The summed E-state index contributed by atoms with van der Waals surface area (Å²) in [5.41, 5.74) is 6.27. The number of hydrogen-bond donors (Lipinski definition) is 1. The van der Waals surface area contributed by atoms with Gasteiger partial charge in [0.15, 0.2) is 11.5 Å². The summed E-state index contributed by atoms with van der Waals surface area (Å²) in [5.74, 6) is 1.15. The first-order valence-electron chi connectivity index (χ1n) is 11.9. The molecular formula is C29H29NO5. The number of phenols is 1.